The first-order valence-electron chi connectivity index (χ1n) is 10.2. The van der Waals surface area contributed by atoms with E-state index in [-0.39, 0.29) is 0 Å². The molecule has 0 spiro atoms. The Hall–Kier alpha value is -4.38. The first-order valence-corrected chi connectivity index (χ1v) is 10.2. The van der Waals surface area contributed by atoms with Crippen molar-refractivity contribution in [2.24, 2.45) is 0 Å². The normalized spacial score (nSPS) is 10.5. The average Bonchev–Trinajstić information content (AvgIpc) is 2.83. The summed E-state index contributed by atoms with van der Waals surface area (Å²) < 4.78 is 15.5. The maximum atomic E-state index is 11.4. The molecule has 0 bridgehead atoms. The van der Waals surface area contributed by atoms with Crippen molar-refractivity contribution in [3.05, 3.63) is 110 Å². The summed E-state index contributed by atoms with van der Waals surface area (Å²) in [6.07, 6.45) is 3.64. The van der Waals surface area contributed by atoms with Crippen LogP contribution in [0.15, 0.2) is 104 Å². The molecule has 0 heterocycles. The van der Waals surface area contributed by atoms with Crippen molar-refractivity contribution in [2.75, 3.05) is 0 Å². The van der Waals surface area contributed by atoms with E-state index in [1.165, 1.54) is 12.5 Å². The zero-order valence-electron chi connectivity index (χ0n) is 18.5. The molecule has 0 fully saturated rings. The van der Waals surface area contributed by atoms with Crippen molar-refractivity contribution >= 4 is 11.9 Å². The van der Waals surface area contributed by atoms with Gasteiger partial charge in [-0.05, 0) is 65.9 Å². The van der Waals surface area contributed by atoms with Crippen molar-refractivity contribution in [3.8, 4) is 33.8 Å². The van der Waals surface area contributed by atoms with Gasteiger partial charge in [0.2, 0.25) is 0 Å². The summed E-state index contributed by atoms with van der Waals surface area (Å²) in [6.45, 7) is 10.4. The van der Waals surface area contributed by atoms with E-state index in [2.05, 4.69) is 13.2 Å². The molecule has 0 amide bonds. The molecule has 33 heavy (non-hydrogen) atoms. The summed E-state index contributed by atoms with van der Waals surface area (Å²) in [5, 5.41) is 0. The van der Waals surface area contributed by atoms with E-state index in [1.807, 2.05) is 61.5 Å². The minimum Gasteiger partial charge on any atom is -0.462 e. The second-order valence-corrected chi connectivity index (χ2v) is 7.28. The number of hydrogen-bond acceptors (Lipinski definition) is 5. The molecule has 0 unspecified atom stereocenters. The molecule has 0 saturated carbocycles. The van der Waals surface area contributed by atoms with Gasteiger partial charge < -0.3 is 14.2 Å². The molecule has 166 valence electrons. The predicted octanol–water partition coefficient (Wildman–Crippen LogP) is 6.39. The molecule has 0 aliphatic heterocycles. The number of carbonyl (C=O) groups excluding carboxylic acids is 2. The number of benzene rings is 3. The van der Waals surface area contributed by atoms with E-state index in [0.29, 0.717) is 17.1 Å². The van der Waals surface area contributed by atoms with Gasteiger partial charge in [-0.15, -0.1) is 0 Å². The topological polar surface area (TPSA) is 61.8 Å². The highest BCUT2D eigenvalue weighted by Gasteiger charge is 2.06. The second kappa shape index (κ2) is 10.8. The van der Waals surface area contributed by atoms with Gasteiger partial charge in [0.1, 0.15) is 24.0 Å². The maximum absolute atomic E-state index is 11.4. The smallest absolute Gasteiger partial charge is 0.338 e. The maximum Gasteiger partial charge on any atom is 0.338 e. The molecule has 0 aliphatic rings. The predicted molar refractivity (Wildman–Crippen MR) is 129 cm³/mol. The Morgan fingerprint density at radius 1 is 0.818 bits per heavy atom. The van der Waals surface area contributed by atoms with Crippen LogP contribution in [0.3, 0.4) is 0 Å². The van der Waals surface area contributed by atoms with Crippen molar-refractivity contribution < 1.29 is 23.8 Å². The van der Waals surface area contributed by atoms with Gasteiger partial charge in [0.25, 0.3) is 0 Å². The molecule has 0 aliphatic carbocycles. The van der Waals surface area contributed by atoms with Crippen molar-refractivity contribution in [2.45, 2.75) is 13.8 Å². The van der Waals surface area contributed by atoms with Gasteiger partial charge in [0.05, 0.1) is 0 Å². The summed E-state index contributed by atoms with van der Waals surface area (Å²) in [5.41, 5.74) is 5.44. The average molecular weight is 440 g/mol. The lowest BCUT2D eigenvalue weighted by atomic mass is 9.99. The van der Waals surface area contributed by atoms with Crippen molar-refractivity contribution in [3.63, 3.8) is 0 Å². The molecule has 3 aromatic carbocycles. The van der Waals surface area contributed by atoms with E-state index in [4.69, 9.17) is 14.2 Å². The Morgan fingerprint density at radius 3 is 1.91 bits per heavy atom. The standard InChI is InChI=1S/C28H24O5/c1-5-27(29)33-25-13-10-22(11-14-25)21-6-8-23(9-7-21)24-12-15-26(20(4)18-24)31-16-17-32-28(30)19(2)3/h5-18H,1-2H2,3-4H3/b17-16-. The van der Waals surface area contributed by atoms with Crippen LogP contribution in [-0.4, -0.2) is 11.9 Å². The van der Waals surface area contributed by atoms with Crippen LogP contribution in [-0.2, 0) is 14.3 Å². The molecule has 0 saturated heterocycles. The number of carbonyl (C=O) groups is 2. The molecule has 5 heteroatoms. The molecule has 0 atom stereocenters. The number of aryl methyl sites for hydroxylation is 1. The fourth-order valence-corrected chi connectivity index (χ4v) is 2.98. The minimum atomic E-state index is -0.502. The van der Waals surface area contributed by atoms with Crippen LogP contribution in [0.5, 0.6) is 11.5 Å². The van der Waals surface area contributed by atoms with Gasteiger partial charge in [0.15, 0.2) is 0 Å². The monoisotopic (exact) mass is 440 g/mol. The molecule has 0 aromatic heterocycles. The van der Waals surface area contributed by atoms with Gasteiger partial charge in [0, 0.05) is 11.6 Å². The zero-order chi connectivity index (χ0) is 23.8. The highest BCUT2D eigenvalue weighted by atomic mass is 16.5. The molecule has 0 N–H and O–H groups in total. The molecule has 5 nitrogen and oxygen atoms in total. The van der Waals surface area contributed by atoms with Gasteiger partial charge in [-0.3, -0.25) is 0 Å². The third-order valence-electron chi connectivity index (χ3n) is 4.74. The first-order chi connectivity index (χ1) is 15.9. The summed E-state index contributed by atoms with van der Waals surface area (Å²) >= 11 is 0. The lowest BCUT2D eigenvalue weighted by Gasteiger charge is -2.09. The summed E-state index contributed by atoms with van der Waals surface area (Å²) in [7, 11) is 0. The number of hydrogen-bond donors (Lipinski definition) is 0. The highest BCUT2D eigenvalue weighted by Crippen LogP contribution is 2.29. The molecular weight excluding hydrogens is 416 g/mol. The van der Waals surface area contributed by atoms with Crippen LogP contribution in [0.2, 0.25) is 0 Å². The SMILES string of the molecule is C=CC(=O)Oc1ccc(-c2ccc(-c3ccc(O/C=C\OC(=O)C(=C)C)c(C)c3)cc2)cc1. The van der Waals surface area contributed by atoms with E-state index >= 15 is 0 Å². The highest BCUT2D eigenvalue weighted by molar-refractivity contribution is 5.87. The Bertz CT molecular complexity index is 1200. The van der Waals surface area contributed by atoms with Crippen LogP contribution in [0.4, 0.5) is 0 Å². The Balaban J connectivity index is 1.67. The molecule has 3 rings (SSSR count). The summed E-state index contributed by atoms with van der Waals surface area (Å²) in [5.74, 6) is 0.149. The number of rotatable bonds is 8. The Kier molecular flexibility index (Phi) is 7.60. The Labute approximate surface area is 193 Å². The van der Waals surface area contributed by atoms with Gasteiger partial charge >= 0.3 is 11.9 Å². The third-order valence-corrected chi connectivity index (χ3v) is 4.74. The lowest BCUT2D eigenvalue weighted by Crippen LogP contribution is -2.02. The van der Waals surface area contributed by atoms with E-state index in [0.717, 1.165) is 33.9 Å². The van der Waals surface area contributed by atoms with Crippen LogP contribution in [0.1, 0.15) is 12.5 Å². The van der Waals surface area contributed by atoms with Crippen LogP contribution >= 0.6 is 0 Å². The quantitative estimate of drug-likeness (QED) is 0.176. The summed E-state index contributed by atoms with van der Waals surface area (Å²) in [4.78, 5) is 22.6. The Morgan fingerprint density at radius 2 is 1.36 bits per heavy atom. The lowest BCUT2D eigenvalue weighted by molar-refractivity contribution is -0.133. The van der Waals surface area contributed by atoms with Gasteiger partial charge in [-0.2, -0.15) is 0 Å². The fraction of sp³-hybridized carbons (Fsp3) is 0.0714. The zero-order valence-corrected chi connectivity index (χ0v) is 18.5. The van der Waals surface area contributed by atoms with E-state index < -0.39 is 11.9 Å². The van der Waals surface area contributed by atoms with Crippen molar-refractivity contribution in [1.29, 1.82) is 0 Å². The van der Waals surface area contributed by atoms with E-state index in [1.54, 1.807) is 19.1 Å². The third kappa shape index (κ3) is 6.31. The largest absolute Gasteiger partial charge is 0.462 e. The van der Waals surface area contributed by atoms with Crippen LogP contribution in [0, 0.1) is 6.92 Å². The van der Waals surface area contributed by atoms with E-state index in [9.17, 15) is 9.59 Å². The fourth-order valence-electron chi connectivity index (χ4n) is 2.98. The first kappa shape index (κ1) is 23.3. The van der Waals surface area contributed by atoms with Crippen LogP contribution < -0.4 is 9.47 Å². The minimum absolute atomic E-state index is 0.317. The molecular formula is C28H24O5. The van der Waals surface area contributed by atoms with Crippen molar-refractivity contribution in [1.82, 2.24) is 0 Å². The molecule has 3 aromatic rings. The number of esters is 2. The number of ether oxygens (including phenoxy) is 3. The van der Waals surface area contributed by atoms with Gasteiger partial charge in [-0.25, -0.2) is 9.59 Å². The van der Waals surface area contributed by atoms with Gasteiger partial charge in [-0.1, -0.05) is 55.6 Å². The summed E-state index contributed by atoms with van der Waals surface area (Å²) in [6, 6.07) is 21.3. The molecule has 0 radical (unpaired) electrons. The second-order valence-electron chi connectivity index (χ2n) is 7.28. The van der Waals surface area contributed by atoms with Crippen LogP contribution in [0.25, 0.3) is 22.3 Å².